The van der Waals surface area contributed by atoms with Gasteiger partial charge in [0.25, 0.3) is 0 Å². The van der Waals surface area contributed by atoms with Crippen molar-refractivity contribution in [3.05, 3.63) is 42.0 Å². The zero-order valence-corrected chi connectivity index (χ0v) is 11.4. The maximum atomic E-state index is 11.4. The Balaban J connectivity index is 1.81. The largest absolute Gasteiger partial charge is 0.490 e. The molecule has 1 fully saturated rings. The number of carbonyl (C=O) groups excluding carboxylic acids is 1. The molecule has 1 aliphatic heterocycles. The van der Waals surface area contributed by atoms with Crippen LogP contribution in [0.4, 0.5) is 0 Å². The first-order valence-corrected chi connectivity index (χ1v) is 7.10. The lowest BCUT2D eigenvalue weighted by molar-refractivity contribution is -0.0111. The molecule has 0 spiro atoms. The van der Waals surface area contributed by atoms with E-state index in [2.05, 4.69) is 0 Å². The van der Waals surface area contributed by atoms with Gasteiger partial charge < -0.3 is 9.47 Å². The van der Waals surface area contributed by atoms with Crippen molar-refractivity contribution in [3.8, 4) is 5.75 Å². The molecule has 0 radical (unpaired) electrons. The fourth-order valence-electron chi connectivity index (χ4n) is 2.64. The number of ether oxygens (including phenoxy) is 2. The topological polar surface area (TPSA) is 35.5 Å². The predicted octanol–water partition coefficient (Wildman–Crippen LogP) is 3.60. The van der Waals surface area contributed by atoms with Crippen LogP contribution in [-0.4, -0.2) is 25.6 Å². The van der Waals surface area contributed by atoms with Crippen LogP contribution in [0.15, 0.2) is 36.4 Å². The molecule has 0 aromatic heterocycles. The second-order valence-electron chi connectivity index (χ2n) is 5.12. The Morgan fingerprint density at radius 3 is 2.90 bits per heavy atom. The summed E-state index contributed by atoms with van der Waals surface area (Å²) in [6.07, 6.45) is 4.37. The minimum atomic E-state index is 0.148. The molecule has 0 bridgehead atoms. The standard InChI is InChI=1S/C17H18O3/c18-11-16-15-7-2-1-5-13(15)8-9-17(16)20-12-14-6-3-4-10-19-14/h1-2,5,7-9,11,14H,3-4,6,10,12H2. The summed E-state index contributed by atoms with van der Waals surface area (Å²) in [6.45, 7) is 1.32. The fourth-order valence-corrected chi connectivity index (χ4v) is 2.64. The molecule has 3 rings (SSSR count). The second-order valence-corrected chi connectivity index (χ2v) is 5.12. The summed E-state index contributed by atoms with van der Waals surface area (Å²) in [6, 6.07) is 11.7. The van der Waals surface area contributed by atoms with Crippen LogP contribution in [0.1, 0.15) is 29.6 Å². The van der Waals surface area contributed by atoms with Gasteiger partial charge in [-0.2, -0.15) is 0 Å². The van der Waals surface area contributed by atoms with E-state index >= 15 is 0 Å². The van der Waals surface area contributed by atoms with Gasteiger partial charge in [0.2, 0.25) is 0 Å². The third kappa shape index (κ3) is 2.68. The van der Waals surface area contributed by atoms with Crippen molar-refractivity contribution < 1.29 is 14.3 Å². The Labute approximate surface area is 118 Å². The number of aldehydes is 1. The number of fused-ring (bicyclic) bond motifs is 1. The predicted molar refractivity (Wildman–Crippen MR) is 78.4 cm³/mol. The Hall–Kier alpha value is -1.87. The smallest absolute Gasteiger partial charge is 0.154 e. The average Bonchev–Trinajstić information content (AvgIpc) is 2.53. The van der Waals surface area contributed by atoms with Gasteiger partial charge in [-0.3, -0.25) is 4.79 Å². The molecular weight excluding hydrogens is 252 g/mol. The molecule has 2 aromatic carbocycles. The molecule has 0 N–H and O–H groups in total. The fraction of sp³-hybridized carbons (Fsp3) is 0.353. The van der Waals surface area contributed by atoms with Gasteiger partial charge in [0, 0.05) is 6.61 Å². The van der Waals surface area contributed by atoms with Gasteiger partial charge in [-0.25, -0.2) is 0 Å². The SMILES string of the molecule is O=Cc1c(OCC2CCCCO2)ccc2ccccc12. The molecule has 1 aliphatic rings. The Bertz CT molecular complexity index is 600. The zero-order valence-electron chi connectivity index (χ0n) is 11.4. The van der Waals surface area contributed by atoms with Crippen molar-refractivity contribution in [2.45, 2.75) is 25.4 Å². The van der Waals surface area contributed by atoms with E-state index in [4.69, 9.17) is 9.47 Å². The van der Waals surface area contributed by atoms with Crippen molar-refractivity contribution in [2.75, 3.05) is 13.2 Å². The molecule has 3 nitrogen and oxygen atoms in total. The van der Waals surface area contributed by atoms with E-state index < -0.39 is 0 Å². The number of carbonyl (C=O) groups is 1. The minimum Gasteiger partial charge on any atom is -0.490 e. The summed E-state index contributed by atoms with van der Waals surface area (Å²) in [5.74, 6) is 0.646. The van der Waals surface area contributed by atoms with E-state index in [1.807, 2.05) is 36.4 Å². The number of benzene rings is 2. The summed E-state index contributed by atoms with van der Waals surface area (Å²) in [7, 11) is 0. The lowest BCUT2D eigenvalue weighted by Gasteiger charge is -2.23. The van der Waals surface area contributed by atoms with Crippen molar-refractivity contribution >= 4 is 17.1 Å². The molecule has 0 saturated carbocycles. The summed E-state index contributed by atoms with van der Waals surface area (Å²) >= 11 is 0. The van der Waals surface area contributed by atoms with E-state index in [9.17, 15) is 4.79 Å². The van der Waals surface area contributed by atoms with Crippen LogP contribution in [-0.2, 0) is 4.74 Å². The summed E-state index contributed by atoms with van der Waals surface area (Å²) in [4.78, 5) is 11.4. The van der Waals surface area contributed by atoms with Gasteiger partial charge in [-0.05, 0) is 36.1 Å². The molecule has 20 heavy (non-hydrogen) atoms. The number of hydrogen-bond donors (Lipinski definition) is 0. The van der Waals surface area contributed by atoms with E-state index in [-0.39, 0.29) is 6.10 Å². The van der Waals surface area contributed by atoms with Crippen LogP contribution in [0.5, 0.6) is 5.75 Å². The summed E-state index contributed by atoms with van der Waals surface area (Å²) in [5, 5.41) is 1.99. The number of rotatable bonds is 4. The molecule has 0 amide bonds. The molecular formula is C17H18O3. The molecule has 1 atom stereocenters. The molecule has 1 unspecified atom stereocenters. The van der Waals surface area contributed by atoms with Gasteiger partial charge in [-0.15, -0.1) is 0 Å². The molecule has 0 aliphatic carbocycles. The maximum Gasteiger partial charge on any atom is 0.154 e. The maximum absolute atomic E-state index is 11.4. The highest BCUT2D eigenvalue weighted by molar-refractivity contribution is 6.00. The molecule has 1 saturated heterocycles. The lowest BCUT2D eigenvalue weighted by atomic mass is 10.0. The molecule has 104 valence electrons. The third-order valence-electron chi connectivity index (χ3n) is 3.75. The van der Waals surface area contributed by atoms with Gasteiger partial charge in [0.05, 0.1) is 11.7 Å². The highest BCUT2D eigenvalue weighted by atomic mass is 16.5. The normalized spacial score (nSPS) is 18.9. The van der Waals surface area contributed by atoms with E-state index in [0.717, 1.165) is 36.5 Å². The van der Waals surface area contributed by atoms with Gasteiger partial charge in [0.15, 0.2) is 6.29 Å². The first-order valence-electron chi connectivity index (χ1n) is 7.10. The Morgan fingerprint density at radius 2 is 2.10 bits per heavy atom. The molecule has 3 heteroatoms. The highest BCUT2D eigenvalue weighted by Crippen LogP contribution is 2.27. The quantitative estimate of drug-likeness (QED) is 0.796. The van der Waals surface area contributed by atoms with Crippen LogP contribution < -0.4 is 4.74 Å². The van der Waals surface area contributed by atoms with Crippen LogP contribution in [0, 0.1) is 0 Å². The van der Waals surface area contributed by atoms with E-state index in [1.165, 1.54) is 6.42 Å². The van der Waals surface area contributed by atoms with Crippen LogP contribution in [0.3, 0.4) is 0 Å². The van der Waals surface area contributed by atoms with Gasteiger partial charge in [-0.1, -0.05) is 30.3 Å². The van der Waals surface area contributed by atoms with Crippen LogP contribution in [0.2, 0.25) is 0 Å². The average molecular weight is 270 g/mol. The lowest BCUT2D eigenvalue weighted by Crippen LogP contribution is -2.26. The second kappa shape index (κ2) is 6.06. The molecule has 1 heterocycles. The van der Waals surface area contributed by atoms with Gasteiger partial charge >= 0.3 is 0 Å². The summed E-state index contributed by atoms with van der Waals surface area (Å²) in [5.41, 5.74) is 0.624. The zero-order chi connectivity index (χ0) is 13.8. The van der Waals surface area contributed by atoms with E-state index in [0.29, 0.717) is 17.9 Å². The Morgan fingerprint density at radius 1 is 1.20 bits per heavy atom. The third-order valence-corrected chi connectivity index (χ3v) is 3.75. The first-order chi connectivity index (χ1) is 9.88. The van der Waals surface area contributed by atoms with E-state index in [1.54, 1.807) is 0 Å². The minimum absolute atomic E-state index is 0.148. The van der Waals surface area contributed by atoms with Gasteiger partial charge in [0.1, 0.15) is 12.4 Å². The van der Waals surface area contributed by atoms with Crippen LogP contribution >= 0.6 is 0 Å². The van der Waals surface area contributed by atoms with Crippen LogP contribution in [0.25, 0.3) is 10.8 Å². The van der Waals surface area contributed by atoms with Crippen molar-refractivity contribution in [3.63, 3.8) is 0 Å². The highest BCUT2D eigenvalue weighted by Gasteiger charge is 2.16. The molecule has 2 aromatic rings. The van der Waals surface area contributed by atoms with Crippen molar-refractivity contribution in [1.29, 1.82) is 0 Å². The van der Waals surface area contributed by atoms with Crippen molar-refractivity contribution in [1.82, 2.24) is 0 Å². The monoisotopic (exact) mass is 270 g/mol. The summed E-state index contributed by atoms with van der Waals surface area (Å²) < 4.78 is 11.5. The number of hydrogen-bond acceptors (Lipinski definition) is 3. The Kier molecular flexibility index (Phi) is 3.97. The van der Waals surface area contributed by atoms with Crippen molar-refractivity contribution in [2.24, 2.45) is 0 Å². The first kappa shape index (κ1) is 13.1.